The highest BCUT2D eigenvalue weighted by molar-refractivity contribution is 4.82. The lowest BCUT2D eigenvalue weighted by molar-refractivity contribution is 0.0981. The molecule has 3 nitrogen and oxygen atoms in total. The van der Waals surface area contributed by atoms with Crippen LogP contribution >= 0.6 is 0 Å². The van der Waals surface area contributed by atoms with Crippen LogP contribution in [0.2, 0.25) is 0 Å². The third-order valence-corrected chi connectivity index (χ3v) is 6.01. The zero-order chi connectivity index (χ0) is 14.3. The lowest BCUT2D eigenvalue weighted by Gasteiger charge is -2.38. The summed E-state index contributed by atoms with van der Waals surface area (Å²) in [5.74, 6) is 0.970. The van der Waals surface area contributed by atoms with Gasteiger partial charge < -0.3 is 5.32 Å². The first-order chi connectivity index (χ1) is 10.4. The summed E-state index contributed by atoms with van der Waals surface area (Å²) in [7, 11) is 0. The second-order valence-corrected chi connectivity index (χ2v) is 7.52. The number of hydrogen-bond acceptors (Lipinski definition) is 3. The molecule has 21 heavy (non-hydrogen) atoms. The molecule has 0 aromatic carbocycles. The van der Waals surface area contributed by atoms with E-state index < -0.39 is 0 Å². The van der Waals surface area contributed by atoms with Gasteiger partial charge in [-0.25, -0.2) is 0 Å². The summed E-state index contributed by atoms with van der Waals surface area (Å²) < 4.78 is 0. The monoisotopic (exact) mass is 293 g/mol. The molecule has 3 heteroatoms. The minimum Gasteiger partial charge on any atom is -0.315 e. The van der Waals surface area contributed by atoms with Crippen LogP contribution in [0.1, 0.15) is 57.8 Å². The minimum absolute atomic E-state index is 0.927. The van der Waals surface area contributed by atoms with Gasteiger partial charge in [0.05, 0.1) is 0 Å². The summed E-state index contributed by atoms with van der Waals surface area (Å²) in [6, 6.07) is 0.927. The molecule has 0 radical (unpaired) electrons. The summed E-state index contributed by atoms with van der Waals surface area (Å²) in [4.78, 5) is 5.43. The van der Waals surface area contributed by atoms with Gasteiger partial charge in [0.15, 0.2) is 0 Å². The van der Waals surface area contributed by atoms with Gasteiger partial charge in [-0.2, -0.15) is 0 Å². The van der Waals surface area contributed by atoms with Crippen LogP contribution in [0, 0.1) is 5.92 Å². The van der Waals surface area contributed by atoms with Gasteiger partial charge in [-0.3, -0.25) is 9.80 Å². The highest BCUT2D eigenvalue weighted by Crippen LogP contribution is 2.24. The molecule has 122 valence electrons. The first-order valence-corrected chi connectivity index (χ1v) is 9.59. The number of hydrogen-bond donors (Lipinski definition) is 1. The maximum Gasteiger partial charge on any atom is 0.0113 e. The Hall–Kier alpha value is -0.120. The fourth-order valence-corrected chi connectivity index (χ4v) is 4.56. The lowest BCUT2D eigenvalue weighted by atomic mass is 9.89. The fourth-order valence-electron chi connectivity index (χ4n) is 4.56. The summed E-state index contributed by atoms with van der Waals surface area (Å²) >= 11 is 0. The van der Waals surface area contributed by atoms with E-state index in [0.29, 0.717) is 0 Å². The quantitative estimate of drug-likeness (QED) is 0.760. The van der Waals surface area contributed by atoms with E-state index in [9.17, 15) is 0 Å². The van der Waals surface area contributed by atoms with Crippen LogP contribution in [0.5, 0.6) is 0 Å². The Balaban J connectivity index is 1.24. The molecule has 0 aromatic rings. The van der Waals surface area contributed by atoms with Crippen molar-refractivity contribution >= 4 is 0 Å². The number of nitrogens with zero attached hydrogens (tertiary/aromatic N) is 2. The van der Waals surface area contributed by atoms with Gasteiger partial charge in [0.25, 0.3) is 0 Å². The van der Waals surface area contributed by atoms with Crippen LogP contribution in [-0.4, -0.2) is 61.7 Å². The summed E-state index contributed by atoms with van der Waals surface area (Å²) in [5, 5.41) is 3.71. The zero-order valence-corrected chi connectivity index (χ0v) is 13.9. The summed E-state index contributed by atoms with van der Waals surface area (Å²) in [5.41, 5.74) is 0. The van der Waals surface area contributed by atoms with Gasteiger partial charge in [0.1, 0.15) is 0 Å². The van der Waals surface area contributed by atoms with Crippen LogP contribution in [0.4, 0.5) is 0 Å². The molecule has 0 spiro atoms. The molecule has 1 heterocycles. The topological polar surface area (TPSA) is 18.5 Å². The van der Waals surface area contributed by atoms with Crippen molar-refractivity contribution < 1.29 is 0 Å². The largest absolute Gasteiger partial charge is 0.315 e. The molecule has 2 saturated carbocycles. The van der Waals surface area contributed by atoms with Crippen molar-refractivity contribution in [2.45, 2.75) is 63.8 Å². The van der Waals surface area contributed by atoms with Crippen molar-refractivity contribution in [2.75, 3.05) is 45.8 Å². The Morgan fingerprint density at radius 1 is 0.762 bits per heavy atom. The Kier molecular flexibility index (Phi) is 6.38. The number of nitrogens with one attached hydrogen (secondary N) is 1. The van der Waals surface area contributed by atoms with E-state index in [0.717, 1.165) is 12.0 Å². The molecule has 0 bridgehead atoms. The average molecular weight is 293 g/mol. The first kappa shape index (κ1) is 15.8. The van der Waals surface area contributed by atoms with E-state index in [-0.39, 0.29) is 0 Å². The van der Waals surface area contributed by atoms with E-state index in [1.165, 1.54) is 104 Å². The van der Waals surface area contributed by atoms with Crippen molar-refractivity contribution in [3.05, 3.63) is 0 Å². The molecule has 0 amide bonds. The highest BCUT2D eigenvalue weighted by Gasteiger charge is 2.25. The maximum absolute atomic E-state index is 3.71. The summed E-state index contributed by atoms with van der Waals surface area (Å²) in [6.07, 6.45) is 13.2. The molecule has 2 aliphatic carbocycles. The minimum atomic E-state index is 0.927. The summed E-state index contributed by atoms with van der Waals surface area (Å²) in [6.45, 7) is 8.93. The molecule has 0 atom stereocenters. The first-order valence-electron chi connectivity index (χ1n) is 9.59. The van der Waals surface area contributed by atoms with Crippen molar-refractivity contribution in [2.24, 2.45) is 5.92 Å². The second kappa shape index (κ2) is 8.50. The van der Waals surface area contributed by atoms with E-state index >= 15 is 0 Å². The third-order valence-electron chi connectivity index (χ3n) is 6.01. The fraction of sp³-hybridized carbons (Fsp3) is 1.00. The predicted octanol–water partition coefficient (Wildman–Crippen LogP) is 2.72. The third kappa shape index (κ3) is 4.94. The van der Waals surface area contributed by atoms with Crippen LogP contribution < -0.4 is 5.32 Å². The molecule has 0 unspecified atom stereocenters. The number of piperazine rings is 1. The highest BCUT2D eigenvalue weighted by atomic mass is 15.3. The number of rotatable bonds is 6. The van der Waals surface area contributed by atoms with Crippen LogP contribution in [-0.2, 0) is 0 Å². The van der Waals surface area contributed by atoms with Gasteiger partial charge >= 0.3 is 0 Å². The molecule has 3 fully saturated rings. The smallest absolute Gasteiger partial charge is 0.0113 e. The Bertz CT molecular complexity index is 274. The van der Waals surface area contributed by atoms with Gasteiger partial charge in [-0.1, -0.05) is 32.1 Å². The van der Waals surface area contributed by atoms with Crippen molar-refractivity contribution in [1.29, 1.82) is 0 Å². The van der Waals surface area contributed by atoms with Gasteiger partial charge in [0, 0.05) is 45.3 Å². The van der Waals surface area contributed by atoms with Gasteiger partial charge in [-0.15, -0.1) is 0 Å². The molecule has 1 saturated heterocycles. The Labute approximate surface area is 131 Å². The van der Waals surface area contributed by atoms with Crippen molar-refractivity contribution in [3.63, 3.8) is 0 Å². The van der Waals surface area contributed by atoms with Gasteiger partial charge in [0.2, 0.25) is 0 Å². The van der Waals surface area contributed by atoms with E-state index in [2.05, 4.69) is 15.1 Å². The van der Waals surface area contributed by atoms with Gasteiger partial charge in [-0.05, 0) is 38.1 Å². The van der Waals surface area contributed by atoms with E-state index in [4.69, 9.17) is 0 Å². The van der Waals surface area contributed by atoms with E-state index in [1.807, 2.05) is 0 Å². The van der Waals surface area contributed by atoms with Crippen LogP contribution in [0.15, 0.2) is 0 Å². The molecule has 3 aliphatic rings. The molecule has 3 rings (SSSR count). The van der Waals surface area contributed by atoms with Crippen molar-refractivity contribution in [3.8, 4) is 0 Å². The van der Waals surface area contributed by atoms with Crippen LogP contribution in [0.25, 0.3) is 0 Å². The zero-order valence-electron chi connectivity index (χ0n) is 13.9. The Morgan fingerprint density at radius 2 is 1.43 bits per heavy atom. The second-order valence-electron chi connectivity index (χ2n) is 7.52. The van der Waals surface area contributed by atoms with E-state index in [1.54, 1.807) is 0 Å². The normalized spacial score (nSPS) is 27.4. The SMILES string of the molecule is C1CCC(CNCCN2CCN(C3CCCC3)CC2)CC1. The molecule has 1 N–H and O–H groups in total. The maximum atomic E-state index is 3.71. The predicted molar refractivity (Wildman–Crippen MR) is 89.7 cm³/mol. The molecule has 0 aromatic heterocycles. The molecule has 1 aliphatic heterocycles. The lowest BCUT2D eigenvalue weighted by Crippen LogP contribution is -2.50. The molecular weight excluding hydrogens is 258 g/mol. The average Bonchev–Trinajstić information content (AvgIpc) is 3.08. The van der Waals surface area contributed by atoms with Crippen LogP contribution in [0.3, 0.4) is 0 Å². The standard InChI is InChI=1S/C18H35N3/c1-2-6-17(7-3-1)16-19-10-11-20-12-14-21(15-13-20)18-8-4-5-9-18/h17-19H,1-16H2. The Morgan fingerprint density at radius 3 is 2.14 bits per heavy atom. The van der Waals surface area contributed by atoms with Crippen molar-refractivity contribution in [1.82, 2.24) is 15.1 Å². The molecular formula is C18H35N3.